The van der Waals surface area contributed by atoms with Crippen molar-refractivity contribution in [3.8, 4) is 0 Å². The molecule has 1 aromatic rings. The summed E-state index contributed by atoms with van der Waals surface area (Å²) in [6.07, 6.45) is 2.25. The first kappa shape index (κ1) is 12.7. The molecule has 0 aliphatic heterocycles. The average molecular weight is 219 g/mol. The first-order valence-corrected chi connectivity index (χ1v) is 5.70. The molecule has 0 atom stereocenters. The fraction of sp³-hybridized carbons (Fsp3) is 0.462. The summed E-state index contributed by atoms with van der Waals surface area (Å²) in [4.78, 5) is 6.55. The molecule has 0 saturated carbocycles. The van der Waals surface area contributed by atoms with Crippen LogP contribution in [-0.2, 0) is 0 Å². The van der Waals surface area contributed by atoms with Crippen molar-refractivity contribution < 1.29 is 0 Å². The van der Waals surface area contributed by atoms with E-state index in [0.717, 1.165) is 25.1 Å². The molecule has 1 aromatic carbocycles. The van der Waals surface area contributed by atoms with Gasteiger partial charge in [0.1, 0.15) is 5.84 Å². The predicted molar refractivity (Wildman–Crippen MR) is 69.8 cm³/mol. The lowest BCUT2D eigenvalue weighted by atomic mass is 10.2. The Hall–Kier alpha value is -1.35. The second kappa shape index (κ2) is 7.01. The molecule has 3 nitrogen and oxygen atoms in total. The Morgan fingerprint density at radius 1 is 1.19 bits per heavy atom. The maximum atomic E-state index is 5.88. The van der Waals surface area contributed by atoms with Gasteiger partial charge < -0.3 is 10.6 Å². The summed E-state index contributed by atoms with van der Waals surface area (Å²) in [6, 6.07) is 9.90. The van der Waals surface area contributed by atoms with Crippen molar-refractivity contribution in [2.24, 2.45) is 10.7 Å². The summed E-state index contributed by atoms with van der Waals surface area (Å²) < 4.78 is 0. The van der Waals surface area contributed by atoms with Gasteiger partial charge in [-0.25, -0.2) is 0 Å². The molecule has 0 bridgehead atoms. The van der Waals surface area contributed by atoms with Crippen molar-refractivity contribution in [3.63, 3.8) is 0 Å². The molecule has 1 rings (SSSR count). The molecular formula is C13H21N3. The van der Waals surface area contributed by atoms with Crippen molar-refractivity contribution in [1.82, 2.24) is 4.90 Å². The lowest BCUT2D eigenvalue weighted by Gasteiger charge is -2.07. The van der Waals surface area contributed by atoms with Crippen molar-refractivity contribution in [2.45, 2.75) is 12.8 Å². The highest BCUT2D eigenvalue weighted by atomic mass is 15.0. The number of benzene rings is 1. The molecule has 0 saturated heterocycles. The molecule has 16 heavy (non-hydrogen) atoms. The van der Waals surface area contributed by atoms with Gasteiger partial charge in [0, 0.05) is 12.1 Å². The van der Waals surface area contributed by atoms with Gasteiger partial charge in [0.05, 0.1) is 0 Å². The molecule has 0 heterocycles. The monoisotopic (exact) mass is 219 g/mol. The Morgan fingerprint density at radius 2 is 1.88 bits per heavy atom. The number of hydrogen-bond donors (Lipinski definition) is 1. The van der Waals surface area contributed by atoms with Crippen LogP contribution in [0.25, 0.3) is 0 Å². The highest BCUT2D eigenvalue weighted by Gasteiger charge is 1.95. The molecule has 0 radical (unpaired) electrons. The first-order chi connectivity index (χ1) is 7.70. The minimum absolute atomic E-state index is 0.644. The van der Waals surface area contributed by atoms with E-state index in [9.17, 15) is 0 Å². The molecule has 0 amide bonds. The van der Waals surface area contributed by atoms with E-state index in [2.05, 4.69) is 24.0 Å². The molecular weight excluding hydrogens is 198 g/mol. The van der Waals surface area contributed by atoms with Crippen LogP contribution >= 0.6 is 0 Å². The van der Waals surface area contributed by atoms with Crippen molar-refractivity contribution >= 4 is 5.84 Å². The zero-order valence-corrected chi connectivity index (χ0v) is 10.2. The van der Waals surface area contributed by atoms with Crippen LogP contribution in [0.3, 0.4) is 0 Å². The molecule has 0 aromatic heterocycles. The van der Waals surface area contributed by atoms with Crippen LogP contribution < -0.4 is 5.73 Å². The molecule has 0 aliphatic carbocycles. The van der Waals surface area contributed by atoms with Gasteiger partial charge in [-0.15, -0.1) is 0 Å². The minimum Gasteiger partial charge on any atom is -0.384 e. The van der Waals surface area contributed by atoms with E-state index in [-0.39, 0.29) is 0 Å². The molecule has 2 N–H and O–H groups in total. The lowest BCUT2D eigenvalue weighted by Crippen LogP contribution is -2.15. The van der Waals surface area contributed by atoms with E-state index in [1.165, 1.54) is 6.42 Å². The van der Waals surface area contributed by atoms with Crippen LogP contribution in [0, 0.1) is 0 Å². The van der Waals surface area contributed by atoms with Crippen LogP contribution in [-0.4, -0.2) is 37.9 Å². The highest BCUT2D eigenvalue weighted by molar-refractivity contribution is 5.97. The van der Waals surface area contributed by atoms with Crippen LogP contribution in [0.4, 0.5) is 0 Å². The van der Waals surface area contributed by atoms with E-state index in [0.29, 0.717) is 5.84 Å². The van der Waals surface area contributed by atoms with E-state index >= 15 is 0 Å². The van der Waals surface area contributed by atoms with Gasteiger partial charge in [0.15, 0.2) is 0 Å². The summed E-state index contributed by atoms with van der Waals surface area (Å²) in [6.45, 7) is 1.93. The van der Waals surface area contributed by atoms with Crippen molar-refractivity contribution in [1.29, 1.82) is 0 Å². The number of unbranched alkanes of at least 4 members (excludes halogenated alkanes) is 1. The summed E-state index contributed by atoms with van der Waals surface area (Å²) >= 11 is 0. The van der Waals surface area contributed by atoms with Crippen LogP contribution in [0.1, 0.15) is 18.4 Å². The van der Waals surface area contributed by atoms with Crippen molar-refractivity contribution in [2.75, 3.05) is 27.2 Å². The smallest absolute Gasteiger partial charge is 0.125 e. The Morgan fingerprint density at radius 3 is 2.50 bits per heavy atom. The maximum absolute atomic E-state index is 5.88. The average Bonchev–Trinajstić information content (AvgIpc) is 2.29. The number of nitrogens with two attached hydrogens (primary N) is 1. The summed E-state index contributed by atoms with van der Waals surface area (Å²) in [7, 11) is 4.17. The molecule has 0 unspecified atom stereocenters. The lowest BCUT2D eigenvalue weighted by molar-refractivity contribution is 0.396. The van der Waals surface area contributed by atoms with Gasteiger partial charge in [-0.05, 0) is 33.5 Å². The molecule has 88 valence electrons. The van der Waals surface area contributed by atoms with Gasteiger partial charge in [-0.2, -0.15) is 0 Å². The van der Waals surface area contributed by atoms with E-state index in [1.54, 1.807) is 0 Å². The van der Waals surface area contributed by atoms with Gasteiger partial charge in [-0.1, -0.05) is 30.3 Å². The standard InChI is InChI=1S/C13H21N3/c1-16(2)11-7-6-10-15-13(14)12-8-4-3-5-9-12/h3-5,8-9H,6-7,10-11H2,1-2H3,(H2,14,15). The molecule has 0 spiro atoms. The maximum Gasteiger partial charge on any atom is 0.125 e. The predicted octanol–water partition coefficient (Wildman–Crippen LogP) is 1.73. The van der Waals surface area contributed by atoms with Crippen molar-refractivity contribution in [3.05, 3.63) is 35.9 Å². The van der Waals surface area contributed by atoms with E-state index in [1.807, 2.05) is 30.3 Å². The third-order valence-corrected chi connectivity index (χ3v) is 2.37. The Kier molecular flexibility index (Phi) is 5.57. The summed E-state index contributed by atoms with van der Waals surface area (Å²) in [5.74, 6) is 0.644. The number of amidine groups is 1. The zero-order chi connectivity index (χ0) is 11.8. The van der Waals surface area contributed by atoms with E-state index < -0.39 is 0 Å². The van der Waals surface area contributed by atoms with Gasteiger partial charge in [0.25, 0.3) is 0 Å². The third-order valence-electron chi connectivity index (χ3n) is 2.37. The fourth-order valence-corrected chi connectivity index (χ4v) is 1.44. The second-order valence-corrected chi connectivity index (χ2v) is 4.14. The normalized spacial score (nSPS) is 12.1. The molecule has 0 aliphatic rings. The van der Waals surface area contributed by atoms with Gasteiger partial charge >= 0.3 is 0 Å². The van der Waals surface area contributed by atoms with Crippen LogP contribution in [0.2, 0.25) is 0 Å². The SMILES string of the molecule is CN(C)CCCCN=C(N)c1ccccc1. The number of hydrogen-bond acceptors (Lipinski definition) is 2. The Labute approximate surface area is 98.0 Å². The summed E-state index contributed by atoms with van der Waals surface area (Å²) in [5, 5.41) is 0. The minimum atomic E-state index is 0.644. The fourth-order valence-electron chi connectivity index (χ4n) is 1.44. The van der Waals surface area contributed by atoms with Gasteiger partial charge in [0.2, 0.25) is 0 Å². The first-order valence-electron chi connectivity index (χ1n) is 5.70. The highest BCUT2D eigenvalue weighted by Crippen LogP contribution is 1.99. The van der Waals surface area contributed by atoms with E-state index in [4.69, 9.17) is 5.73 Å². The molecule has 0 fully saturated rings. The number of nitrogens with zero attached hydrogens (tertiary/aromatic N) is 2. The third kappa shape index (κ3) is 4.94. The number of aliphatic imine (C=N–C) groups is 1. The Balaban J connectivity index is 2.29. The zero-order valence-electron chi connectivity index (χ0n) is 10.2. The quantitative estimate of drug-likeness (QED) is 0.450. The largest absolute Gasteiger partial charge is 0.384 e. The molecule has 3 heteroatoms. The van der Waals surface area contributed by atoms with Crippen LogP contribution in [0.15, 0.2) is 35.3 Å². The second-order valence-electron chi connectivity index (χ2n) is 4.14. The van der Waals surface area contributed by atoms with Gasteiger partial charge in [-0.3, -0.25) is 4.99 Å². The topological polar surface area (TPSA) is 41.6 Å². The Bertz CT molecular complexity index is 317. The van der Waals surface area contributed by atoms with Crippen LogP contribution in [0.5, 0.6) is 0 Å². The summed E-state index contributed by atoms with van der Waals surface area (Å²) in [5.41, 5.74) is 6.89. The number of rotatable bonds is 6.